The number of ether oxygens (including phenoxy) is 2. The van der Waals surface area contributed by atoms with Gasteiger partial charge in [0.15, 0.2) is 0 Å². The molecule has 5 nitrogen and oxygen atoms in total. The van der Waals surface area contributed by atoms with Crippen LogP contribution in [0.4, 0.5) is 0 Å². The van der Waals surface area contributed by atoms with Gasteiger partial charge in [-0.1, -0.05) is 6.07 Å². The Bertz CT molecular complexity index is 834. The van der Waals surface area contributed by atoms with Gasteiger partial charge in [-0.3, -0.25) is 4.40 Å². The largest absolute Gasteiger partial charge is 0.490 e. The molecule has 126 valence electrons. The predicted molar refractivity (Wildman–Crippen MR) is 93.6 cm³/mol. The van der Waals surface area contributed by atoms with Crippen molar-refractivity contribution in [2.24, 2.45) is 0 Å². The third-order valence-electron chi connectivity index (χ3n) is 3.43. The Labute approximate surface area is 141 Å². The molecule has 3 aromatic rings. The summed E-state index contributed by atoms with van der Waals surface area (Å²) in [5, 5.41) is 9.11. The lowest BCUT2D eigenvalue weighted by molar-refractivity contribution is 0.130. The zero-order valence-electron chi connectivity index (χ0n) is 14.2. The first kappa shape index (κ1) is 16.3. The SMILES string of the molecule is CC(C)(C)Oc1ccc(-c2cccc3nccn23)c(OCCO)c1. The van der Waals surface area contributed by atoms with Crippen LogP contribution in [0.15, 0.2) is 48.8 Å². The van der Waals surface area contributed by atoms with Crippen molar-refractivity contribution in [2.45, 2.75) is 26.4 Å². The molecule has 0 saturated heterocycles. The van der Waals surface area contributed by atoms with Crippen molar-refractivity contribution in [1.82, 2.24) is 9.38 Å². The molecule has 24 heavy (non-hydrogen) atoms. The molecular weight excluding hydrogens is 304 g/mol. The highest BCUT2D eigenvalue weighted by Crippen LogP contribution is 2.34. The van der Waals surface area contributed by atoms with E-state index in [-0.39, 0.29) is 18.8 Å². The summed E-state index contributed by atoms with van der Waals surface area (Å²) in [5.41, 5.74) is 2.48. The van der Waals surface area contributed by atoms with Gasteiger partial charge < -0.3 is 14.6 Å². The van der Waals surface area contributed by atoms with Gasteiger partial charge in [-0.15, -0.1) is 0 Å². The van der Waals surface area contributed by atoms with E-state index in [1.807, 2.05) is 67.8 Å². The maximum atomic E-state index is 9.11. The Hall–Kier alpha value is -2.53. The Kier molecular flexibility index (Phi) is 4.44. The van der Waals surface area contributed by atoms with Crippen LogP contribution in [0, 0.1) is 0 Å². The number of aromatic nitrogens is 2. The molecule has 2 aromatic heterocycles. The maximum Gasteiger partial charge on any atom is 0.137 e. The van der Waals surface area contributed by atoms with Crippen LogP contribution in [0.3, 0.4) is 0 Å². The van der Waals surface area contributed by atoms with Gasteiger partial charge in [0.05, 0.1) is 12.3 Å². The van der Waals surface area contributed by atoms with E-state index in [4.69, 9.17) is 14.6 Å². The van der Waals surface area contributed by atoms with Crippen LogP contribution in [0.1, 0.15) is 20.8 Å². The zero-order valence-corrected chi connectivity index (χ0v) is 14.2. The fraction of sp³-hybridized carbons (Fsp3) is 0.316. The second-order valence-corrected chi connectivity index (χ2v) is 6.51. The molecule has 1 N–H and O–H groups in total. The summed E-state index contributed by atoms with van der Waals surface area (Å²) in [6.07, 6.45) is 3.68. The van der Waals surface area contributed by atoms with Gasteiger partial charge in [0, 0.05) is 24.0 Å². The summed E-state index contributed by atoms with van der Waals surface area (Å²) in [7, 11) is 0. The number of rotatable bonds is 5. The van der Waals surface area contributed by atoms with E-state index in [0.29, 0.717) is 5.75 Å². The summed E-state index contributed by atoms with van der Waals surface area (Å²) in [6.45, 7) is 6.19. The molecule has 0 atom stereocenters. The first-order chi connectivity index (χ1) is 11.5. The molecule has 0 radical (unpaired) electrons. The lowest BCUT2D eigenvalue weighted by Gasteiger charge is -2.22. The minimum absolute atomic E-state index is 0.0426. The first-order valence-corrected chi connectivity index (χ1v) is 7.97. The van der Waals surface area contributed by atoms with Crippen molar-refractivity contribution in [3.63, 3.8) is 0 Å². The third kappa shape index (κ3) is 3.51. The van der Waals surface area contributed by atoms with E-state index >= 15 is 0 Å². The highest BCUT2D eigenvalue weighted by Gasteiger charge is 2.16. The van der Waals surface area contributed by atoms with Crippen LogP contribution in [0.2, 0.25) is 0 Å². The minimum Gasteiger partial charge on any atom is -0.490 e. The number of pyridine rings is 1. The minimum atomic E-state index is -0.292. The van der Waals surface area contributed by atoms with Crippen molar-refractivity contribution in [2.75, 3.05) is 13.2 Å². The summed E-state index contributed by atoms with van der Waals surface area (Å²) < 4.78 is 13.7. The van der Waals surface area contributed by atoms with Crippen molar-refractivity contribution >= 4 is 5.65 Å². The van der Waals surface area contributed by atoms with Gasteiger partial charge in [-0.05, 0) is 45.0 Å². The Balaban J connectivity index is 2.07. The van der Waals surface area contributed by atoms with Gasteiger partial charge in [0.25, 0.3) is 0 Å². The summed E-state index contributed by atoms with van der Waals surface area (Å²) in [5.74, 6) is 1.41. The van der Waals surface area contributed by atoms with Crippen LogP contribution in [0.5, 0.6) is 11.5 Å². The van der Waals surface area contributed by atoms with E-state index in [0.717, 1.165) is 22.7 Å². The fourth-order valence-corrected chi connectivity index (χ4v) is 2.57. The third-order valence-corrected chi connectivity index (χ3v) is 3.43. The normalized spacial score (nSPS) is 11.7. The van der Waals surface area contributed by atoms with Crippen LogP contribution < -0.4 is 9.47 Å². The van der Waals surface area contributed by atoms with Gasteiger partial charge in [0.2, 0.25) is 0 Å². The molecule has 1 aromatic carbocycles. The number of fused-ring (bicyclic) bond motifs is 1. The average Bonchev–Trinajstić information content (AvgIpc) is 3.00. The van der Waals surface area contributed by atoms with Crippen LogP contribution in [-0.2, 0) is 0 Å². The molecule has 0 aliphatic rings. The number of hydrogen-bond acceptors (Lipinski definition) is 4. The fourth-order valence-electron chi connectivity index (χ4n) is 2.57. The molecule has 0 fully saturated rings. The van der Waals surface area contributed by atoms with Crippen LogP contribution in [0.25, 0.3) is 16.9 Å². The van der Waals surface area contributed by atoms with E-state index < -0.39 is 0 Å². The first-order valence-electron chi connectivity index (χ1n) is 7.97. The quantitative estimate of drug-likeness (QED) is 0.779. The Morgan fingerprint density at radius 2 is 2.00 bits per heavy atom. The van der Waals surface area contributed by atoms with Crippen molar-refractivity contribution in [3.8, 4) is 22.8 Å². The summed E-state index contributed by atoms with van der Waals surface area (Å²) in [4.78, 5) is 4.32. The second kappa shape index (κ2) is 6.53. The van der Waals surface area contributed by atoms with E-state index in [1.54, 1.807) is 6.20 Å². The van der Waals surface area contributed by atoms with Crippen molar-refractivity contribution in [3.05, 3.63) is 48.8 Å². The molecule has 0 aliphatic carbocycles. The van der Waals surface area contributed by atoms with E-state index in [1.165, 1.54) is 0 Å². The number of nitrogens with zero attached hydrogens (tertiary/aromatic N) is 2. The smallest absolute Gasteiger partial charge is 0.137 e. The van der Waals surface area contributed by atoms with Crippen molar-refractivity contribution in [1.29, 1.82) is 0 Å². The molecule has 0 saturated carbocycles. The van der Waals surface area contributed by atoms with Gasteiger partial charge >= 0.3 is 0 Å². The molecule has 0 amide bonds. The maximum absolute atomic E-state index is 9.11. The number of aliphatic hydroxyl groups is 1. The Morgan fingerprint density at radius 3 is 2.75 bits per heavy atom. The number of hydrogen-bond donors (Lipinski definition) is 1. The monoisotopic (exact) mass is 326 g/mol. The van der Waals surface area contributed by atoms with Crippen LogP contribution in [-0.4, -0.2) is 33.3 Å². The predicted octanol–water partition coefficient (Wildman–Crippen LogP) is 3.55. The molecule has 0 unspecified atom stereocenters. The summed E-state index contributed by atoms with van der Waals surface area (Å²) >= 11 is 0. The second-order valence-electron chi connectivity index (χ2n) is 6.51. The molecule has 3 rings (SSSR count). The molecule has 2 heterocycles. The van der Waals surface area contributed by atoms with Crippen LogP contribution >= 0.6 is 0 Å². The highest BCUT2D eigenvalue weighted by molar-refractivity contribution is 5.71. The molecule has 0 bridgehead atoms. The number of benzene rings is 1. The zero-order chi connectivity index (χ0) is 17.2. The van der Waals surface area contributed by atoms with E-state index in [2.05, 4.69) is 4.98 Å². The average molecular weight is 326 g/mol. The molecule has 0 aliphatic heterocycles. The van der Waals surface area contributed by atoms with Gasteiger partial charge in [0.1, 0.15) is 29.4 Å². The number of aliphatic hydroxyl groups excluding tert-OH is 1. The standard InChI is InChI=1S/C19H22N2O3/c1-19(2,3)24-14-7-8-15(17(13-14)23-12-11-22)16-5-4-6-18-20-9-10-21(16)18/h4-10,13,22H,11-12H2,1-3H3. The Morgan fingerprint density at radius 1 is 1.17 bits per heavy atom. The van der Waals surface area contributed by atoms with Gasteiger partial charge in [-0.2, -0.15) is 0 Å². The molecular formula is C19H22N2O3. The highest BCUT2D eigenvalue weighted by atomic mass is 16.5. The topological polar surface area (TPSA) is 56.0 Å². The molecule has 0 spiro atoms. The number of imidazole rings is 1. The van der Waals surface area contributed by atoms with Gasteiger partial charge in [-0.25, -0.2) is 4.98 Å². The summed E-state index contributed by atoms with van der Waals surface area (Å²) in [6, 6.07) is 11.7. The lowest BCUT2D eigenvalue weighted by Crippen LogP contribution is -2.22. The van der Waals surface area contributed by atoms with Crippen molar-refractivity contribution < 1.29 is 14.6 Å². The van der Waals surface area contributed by atoms with E-state index in [9.17, 15) is 0 Å². The lowest BCUT2D eigenvalue weighted by atomic mass is 10.1. The molecule has 5 heteroatoms.